The van der Waals surface area contributed by atoms with Gasteiger partial charge in [0, 0.05) is 11.9 Å². The number of nitrogens with zero attached hydrogens (tertiary/aromatic N) is 1. The second-order valence-electron chi connectivity index (χ2n) is 4.62. The van der Waals surface area contributed by atoms with Gasteiger partial charge in [0.15, 0.2) is 0 Å². The van der Waals surface area contributed by atoms with Crippen LogP contribution in [-0.4, -0.2) is 27.8 Å². The maximum Gasteiger partial charge on any atom is 0.404 e. The predicted molar refractivity (Wildman–Crippen MR) is 70.7 cm³/mol. The summed E-state index contributed by atoms with van der Waals surface area (Å²) in [7, 11) is 0. The number of aliphatic hydroxyl groups is 1. The minimum Gasteiger partial charge on any atom is -0.465 e. The van der Waals surface area contributed by atoms with Crippen LogP contribution >= 0.6 is 11.3 Å². The Bertz CT molecular complexity index is 379. The predicted octanol–water partition coefficient (Wildman–Crippen LogP) is 2.11. The number of aryl methyl sites for hydroxylation is 1. The monoisotopic (exact) mass is 272 g/mol. The third kappa shape index (κ3) is 5.01. The number of carbonyl (C=O) groups is 1. The maximum absolute atomic E-state index is 10.5. The van der Waals surface area contributed by atoms with Crippen LogP contribution in [0.25, 0.3) is 0 Å². The van der Waals surface area contributed by atoms with Crippen molar-refractivity contribution < 1.29 is 15.0 Å². The van der Waals surface area contributed by atoms with E-state index in [1.54, 1.807) is 11.3 Å². The highest BCUT2D eigenvalue weighted by Crippen LogP contribution is 2.19. The van der Waals surface area contributed by atoms with E-state index in [2.05, 4.69) is 24.1 Å². The summed E-state index contributed by atoms with van der Waals surface area (Å²) in [4.78, 5) is 14.8. The number of aromatic nitrogens is 1. The van der Waals surface area contributed by atoms with Crippen LogP contribution in [0.15, 0.2) is 5.38 Å². The van der Waals surface area contributed by atoms with Gasteiger partial charge in [-0.15, -0.1) is 11.3 Å². The van der Waals surface area contributed by atoms with E-state index in [-0.39, 0.29) is 6.61 Å². The van der Waals surface area contributed by atoms with Crippen molar-refractivity contribution in [2.45, 2.75) is 33.3 Å². The van der Waals surface area contributed by atoms with Crippen LogP contribution in [0, 0.1) is 11.8 Å². The number of aliphatic hydroxyl groups excluding tert-OH is 1. The molecule has 1 rings (SSSR count). The van der Waals surface area contributed by atoms with Gasteiger partial charge in [-0.2, -0.15) is 0 Å². The topological polar surface area (TPSA) is 82.5 Å². The third-order valence-electron chi connectivity index (χ3n) is 2.95. The van der Waals surface area contributed by atoms with Crippen molar-refractivity contribution in [2.24, 2.45) is 11.8 Å². The number of rotatable bonds is 7. The summed E-state index contributed by atoms with van der Waals surface area (Å²) < 4.78 is 0. The first kappa shape index (κ1) is 14.9. The third-order valence-corrected chi connectivity index (χ3v) is 3.91. The van der Waals surface area contributed by atoms with Gasteiger partial charge in [0.1, 0.15) is 0 Å². The van der Waals surface area contributed by atoms with Gasteiger partial charge in [0.25, 0.3) is 0 Å². The van der Waals surface area contributed by atoms with Crippen molar-refractivity contribution >= 4 is 17.4 Å². The van der Waals surface area contributed by atoms with Crippen LogP contribution in [0.1, 0.15) is 31.0 Å². The van der Waals surface area contributed by atoms with Crippen molar-refractivity contribution in [1.82, 2.24) is 10.3 Å². The van der Waals surface area contributed by atoms with Crippen LogP contribution in [-0.2, 0) is 13.0 Å². The molecule has 3 N–H and O–H groups in total. The number of thiazole rings is 1. The molecule has 0 bridgehead atoms. The SMILES string of the molecule is CC(C)[C@@H](CCc1nc(CO)cs1)CNC(=O)O. The van der Waals surface area contributed by atoms with Crippen LogP contribution < -0.4 is 5.32 Å². The average molecular weight is 272 g/mol. The first-order chi connectivity index (χ1) is 8.52. The lowest BCUT2D eigenvalue weighted by Crippen LogP contribution is -2.30. The summed E-state index contributed by atoms with van der Waals surface area (Å²) in [5.74, 6) is 0.733. The number of nitrogens with one attached hydrogen (secondary N) is 1. The molecule has 0 aliphatic carbocycles. The number of hydrogen-bond acceptors (Lipinski definition) is 4. The average Bonchev–Trinajstić information content (AvgIpc) is 2.76. The Morgan fingerprint density at radius 1 is 1.56 bits per heavy atom. The number of hydrogen-bond donors (Lipinski definition) is 3. The smallest absolute Gasteiger partial charge is 0.404 e. The molecule has 0 aliphatic heterocycles. The van der Waals surface area contributed by atoms with Crippen molar-refractivity contribution in [3.05, 3.63) is 16.1 Å². The van der Waals surface area contributed by atoms with Crippen LogP contribution in [0.4, 0.5) is 4.79 Å². The molecule has 1 amide bonds. The lowest BCUT2D eigenvalue weighted by Gasteiger charge is -2.19. The quantitative estimate of drug-likeness (QED) is 0.710. The Balaban J connectivity index is 2.43. The fourth-order valence-electron chi connectivity index (χ4n) is 1.73. The first-order valence-corrected chi connectivity index (χ1v) is 6.91. The Morgan fingerprint density at radius 3 is 2.78 bits per heavy atom. The molecule has 0 saturated heterocycles. The zero-order chi connectivity index (χ0) is 13.5. The Labute approximate surface area is 111 Å². The second-order valence-corrected chi connectivity index (χ2v) is 5.56. The summed E-state index contributed by atoms with van der Waals surface area (Å²) in [6, 6.07) is 0. The van der Waals surface area contributed by atoms with Crippen molar-refractivity contribution in [1.29, 1.82) is 0 Å². The second kappa shape index (κ2) is 7.33. The van der Waals surface area contributed by atoms with E-state index in [1.807, 2.05) is 5.38 Å². The van der Waals surface area contributed by atoms with Gasteiger partial charge in [-0.05, 0) is 24.7 Å². The van der Waals surface area contributed by atoms with Gasteiger partial charge < -0.3 is 15.5 Å². The number of amides is 1. The van der Waals surface area contributed by atoms with E-state index < -0.39 is 6.09 Å². The van der Waals surface area contributed by atoms with Gasteiger partial charge in [0.2, 0.25) is 0 Å². The van der Waals surface area contributed by atoms with Gasteiger partial charge >= 0.3 is 6.09 Å². The largest absolute Gasteiger partial charge is 0.465 e. The Morgan fingerprint density at radius 2 is 2.28 bits per heavy atom. The molecular weight excluding hydrogens is 252 g/mol. The molecule has 0 saturated carbocycles. The van der Waals surface area contributed by atoms with E-state index >= 15 is 0 Å². The summed E-state index contributed by atoms with van der Waals surface area (Å²) in [6.45, 7) is 4.64. The Hall–Kier alpha value is -1.14. The molecule has 1 aromatic heterocycles. The van der Waals surface area contributed by atoms with Gasteiger partial charge in [-0.3, -0.25) is 0 Å². The van der Waals surface area contributed by atoms with Crippen LogP contribution in [0.2, 0.25) is 0 Å². The normalized spacial score (nSPS) is 12.7. The summed E-state index contributed by atoms with van der Waals surface area (Å²) in [5.41, 5.74) is 0.708. The molecule has 0 unspecified atom stereocenters. The lowest BCUT2D eigenvalue weighted by atomic mass is 9.91. The van der Waals surface area contributed by atoms with E-state index in [4.69, 9.17) is 10.2 Å². The van der Waals surface area contributed by atoms with E-state index in [9.17, 15) is 4.79 Å². The molecule has 0 fully saturated rings. The molecule has 6 heteroatoms. The molecule has 0 aromatic carbocycles. The molecule has 1 aromatic rings. The molecule has 1 heterocycles. The molecule has 0 radical (unpaired) electrons. The molecule has 1 atom stereocenters. The molecular formula is C12H20N2O3S. The van der Waals surface area contributed by atoms with Gasteiger partial charge in [-0.25, -0.2) is 9.78 Å². The van der Waals surface area contributed by atoms with Crippen molar-refractivity contribution in [3.8, 4) is 0 Å². The number of carboxylic acid groups (broad SMARTS) is 1. The molecule has 102 valence electrons. The fourth-order valence-corrected chi connectivity index (χ4v) is 2.54. The van der Waals surface area contributed by atoms with Crippen LogP contribution in [0.3, 0.4) is 0 Å². The highest BCUT2D eigenvalue weighted by Gasteiger charge is 2.15. The Kier molecular flexibility index (Phi) is 6.07. The van der Waals surface area contributed by atoms with E-state index in [0.717, 1.165) is 17.8 Å². The highest BCUT2D eigenvalue weighted by molar-refractivity contribution is 7.09. The molecule has 5 nitrogen and oxygen atoms in total. The summed E-state index contributed by atoms with van der Waals surface area (Å²) in [6.07, 6.45) is 0.753. The standard InChI is InChI=1S/C12H20N2O3S/c1-8(2)9(5-13-12(16)17)3-4-11-14-10(6-15)7-18-11/h7-9,13,15H,3-6H2,1-2H3,(H,16,17)/t9-/m0/s1. The van der Waals surface area contributed by atoms with Gasteiger partial charge in [-0.1, -0.05) is 13.8 Å². The molecule has 0 spiro atoms. The fraction of sp³-hybridized carbons (Fsp3) is 0.667. The lowest BCUT2D eigenvalue weighted by molar-refractivity contribution is 0.189. The first-order valence-electron chi connectivity index (χ1n) is 6.03. The zero-order valence-corrected chi connectivity index (χ0v) is 11.5. The zero-order valence-electron chi connectivity index (χ0n) is 10.7. The maximum atomic E-state index is 10.5. The summed E-state index contributed by atoms with van der Waals surface area (Å²) in [5, 5.41) is 22.8. The highest BCUT2D eigenvalue weighted by atomic mass is 32.1. The van der Waals surface area contributed by atoms with Gasteiger partial charge in [0.05, 0.1) is 17.3 Å². The van der Waals surface area contributed by atoms with E-state index in [0.29, 0.717) is 24.1 Å². The minimum absolute atomic E-state index is 0.0231. The van der Waals surface area contributed by atoms with E-state index in [1.165, 1.54) is 0 Å². The van der Waals surface area contributed by atoms with Crippen molar-refractivity contribution in [3.63, 3.8) is 0 Å². The minimum atomic E-state index is -0.975. The molecule has 18 heavy (non-hydrogen) atoms. The summed E-state index contributed by atoms with van der Waals surface area (Å²) >= 11 is 1.54. The van der Waals surface area contributed by atoms with Crippen LogP contribution in [0.5, 0.6) is 0 Å². The molecule has 0 aliphatic rings. The van der Waals surface area contributed by atoms with Crippen molar-refractivity contribution in [2.75, 3.05) is 6.54 Å².